The smallest absolute Gasteiger partial charge is 0.203 e. The Morgan fingerprint density at radius 3 is 2.39 bits per heavy atom. The summed E-state index contributed by atoms with van der Waals surface area (Å²) >= 11 is 0. The molecular weight excluding hydrogens is 390 g/mol. The summed E-state index contributed by atoms with van der Waals surface area (Å²) in [6, 6.07) is 14.0. The molecule has 0 aliphatic heterocycles. The highest BCUT2D eigenvalue weighted by molar-refractivity contribution is 5.62. The van der Waals surface area contributed by atoms with Crippen LogP contribution < -0.4 is 19.5 Å². The predicted molar refractivity (Wildman–Crippen MR) is 125 cm³/mol. The van der Waals surface area contributed by atoms with Crippen LogP contribution in [0.5, 0.6) is 17.2 Å². The number of hydrogen-bond acceptors (Lipinski definition) is 5. The normalized spacial score (nSPS) is 11.8. The van der Waals surface area contributed by atoms with Crippen molar-refractivity contribution in [2.24, 2.45) is 5.92 Å². The second-order valence-electron chi connectivity index (χ2n) is 7.58. The summed E-state index contributed by atoms with van der Waals surface area (Å²) < 4.78 is 18.7. The lowest BCUT2D eigenvalue weighted by atomic mass is 10.1. The van der Waals surface area contributed by atoms with Crippen molar-refractivity contribution in [1.29, 1.82) is 0 Å². The van der Waals surface area contributed by atoms with E-state index in [1.165, 1.54) is 0 Å². The summed E-state index contributed by atoms with van der Waals surface area (Å²) in [5, 5.41) is 3.50. The van der Waals surface area contributed by atoms with Gasteiger partial charge in [-0.25, -0.2) is 4.98 Å². The van der Waals surface area contributed by atoms with E-state index < -0.39 is 0 Å². The summed E-state index contributed by atoms with van der Waals surface area (Å²) in [5.74, 6) is 3.83. The number of nitrogens with zero attached hydrogens (tertiary/aromatic N) is 2. The minimum Gasteiger partial charge on any atom is -0.497 e. The summed E-state index contributed by atoms with van der Waals surface area (Å²) in [5.41, 5.74) is 3.26. The number of nitrogens with one attached hydrogen (secondary N) is 1. The molecule has 1 heterocycles. The minimum absolute atomic E-state index is 0.534. The van der Waals surface area contributed by atoms with Crippen molar-refractivity contribution >= 4 is 5.95 Å². The highest BCUT2D eigenvalue weighted by atomic mass is 16.5. The zero-order valence-corrected chi connectivity index (χ0v) is 19.1. The third-order valence-corrected chi connectivity index (χ3v) is 5.44. The van der Waals surface area contributed by atoms with E-state index in [0.29, 0.717) is 19.1 Å². The van der Waals surface area contributed by atoms with Crippen LogP contribution in [0, 0.1) is 5.92 Å². The topological polar surface area (TPSA) is 57.5 Å². The van der Waals surface area contributed by atoms with Crippen LogP contribution in [-0.2, 0) is 13.1 Å². The molecule has 31 heavy (non-hydrogen) atoms. The number of rotatable bonds is 11. The molecule has 2 aromatic carbocycles. The molecule has 0 radical (unpaired) electrons. The summed E-state index contributed by atoms with van der Waals surface area (Å²) in [4.78, 5) is 4.70. The highest BCUT2D eigenvalue weighted by Crippen LogP contribution is 2.29. The van der Waals surface area contributed by atoms with Crippen LogP contribution in [0.1, 0.15) is 32.8 Å². The number of hydrogen-bond donors (Lipinski definition) is 1. The van der Waals surface area contributed by atoms with E-state index >= 15 is 0 Å². The van der Waals surface area contributed by atoms with Gasteiger partial charge in [0.25, 0.3) is 0 Å². The Kier molecular flexibility index (Phi) is 7.82. The van der Waals surface area contributed by atoms with Crippen molar-refractivity contribution < 1.29 is 14.2 Å². The van der Waals surface area contributed by atoms with Crippen LogP contribution >= 0.6 is 0 Å². The molecule has 1 unspecified atom stereocenters. The molecule has 0 spiro atoms. The molecule has 1 N–H and O–H groups in total. The molecule has 0 fully saturated rings. The van der Waals surface area contributed by atoms with E-state index in [9.17, 15) is 0 Å². The fourth-order valence-corrected chi connectivity index (χ4v) is 3.43. The lowest BCUT2D eigenvalue weighted by Crippen LogP contribution is -2.13. The highest BCUT2D eigenvalue weighted by Gasteiger charge is 2.15. The Labute approximate surface area is 185 Å². The van der Waals surface area contributed by atoms with Crippen molar-refractivity contribution in [3.05, 3.63) is 54.2 Å². The molecular formula is C25H33N3O3. The van der Waals surface area contributed by atoms with Crippen LogP contribution in [0.3, 0.4) is 0 Å². The summed E-state index contributed by atoms with van der Waals surface area (Å²) in [6.45, 7) is 8.62. The SMILES string of the molecule is CCOc1ccc(-c2cnc(NCc3ccc(OC)cc3OC)n2CC(C)CC)cc1. The fraction of sp³-hybridized carbons (Fsp3) is 0.400. The molecule has 0 saturated heterocycles. The van der Waals surface area contributed by atoms with E-state index in [2.05, 4.69) is 35.9 Å². The van der Waals surface area contributed by atoms with Gasteiger partial charge in [-0.05, 0) is 49.2 Å². The molecule has 3 aromatic rings. The van der Waals surface area contributed by atoms with Crippen molar-refractivity contribution in [3.8, 4) is 28.5 Å². The Morgan fingerprint density at radius 2 is 1.74 bits per heavy atom. The standard InChI is InChI=1S/C25H33N3O3/c1-6-18(3)17-28-23(19-8-11-21(12-9-19)31-7-2)16-27-25(28)26-15-20-10-13-22(29-4)14-24(20)30-5/h8-14,16,18H,6-7,15,17H2,1-5H3,(H,26,27). The zero-order valence-electron chi connectivity index (χ0n) is 19.1. The maximum Gasteiger partial charge on any atom is 0.203 e. The number of aromatic nitrogens is 2. The van der Waals surface area contributed by atoms with Crippen LogP contribution in [0.25, 0.3) is 11.3 Å². The first-order valence-corrected chi connectivity index (χ1v) is 10.8. The van der Waals surface area contributed by atoms with Gasteiger partial charge >= 0.3 is 0 Å². The minimum atomic E-state index is 0.534. The third-order valence-electron chi connectivity index (χ3n) is 5.44. The first-order chi connectivity index (χ1) is 15.1. The van der Waals surface area contributed by atoms with Gasteiger partial charge in [0, 0.05) is 30.3 Å². The van der Waals surface area contributed by atoms with Gasteiger partial charge in [-0.3, -0.25) is 0 Å². The molecule has 1 aromatic heterocycles. The van der Waals surface area contributed by atoms with Crippen LogP contribution in [0.4, 0.5) is 5.95 Å². The van der Waals surface area contributed by atoms with Crippen molar-refractivity contribution in [3.63, 3.8) is 0 Å². The Bertz CT molecular complexity index is 967. The van der Waals surface area contributed by atoms with Crippen molar-refractivity contribution in [1.82, 2.24) is 9.55 Å². The second-order valence-corrected chi connectivity index (χ2v) is 7.58. The quantitative estimate of drug-likeness (QED) is 0.433. The van der Waals surface area contributed by atoms with Crippen LogP contribution in [0.15, 0.2) is 48.7 Å². The average Bonchev–Trinajstić information content (AvgIpc) is 3.20. The zero-order chi connectivity index (χ0) is 22.2. The number of benzene rings is 2. The summed E-state index contributed by atoms with van der Waals surface area (Å²) in [6.07, 6.45) is 3.04. The maximum atomic E-state index is 5.58. The lowest BCUT2D eigenvalue weighted by molar-refractivity contribution is 0.340. The average molecular weight is 424 g/mol. The third kappa shape index (κ3) is 5.51. The number of methoxy groups -OCH3 is 2. The Balaban J connectivity index is 1.86. The number of imidazole rings is 1. The molecule has 3 rings (SSSR count). The molecule has 0 amide bonds. The largest absolute Gasteiger partial charge is 0.497 e. The second kappa shape index (κ2) is 10.8. The van der Waals surface area contributed by atoms with Gasteiger partial charge in [0.2, 0.25) is 5.95 Å². The van der Waals surface area contributed by atoms with Crippen LogP contribution in [0.2, 0.25) is 0 Å². The Hall–Kier alpha value is -3.15. The molecule has 0 aliphatic carbocycles. The van der Waals surface area contributed by atoms with E-state index in [1.807, 2.05) is 43.5 Å². The molecule has 1 atom stereocenters. The number of anilines is 1. The monoisotopic (exact) mass is 423 g/mol. The van der Waals surface area contributed by atoms with Crippen molar-refractivity contribution in [2.75, 3.05) is 26.1 Å². The van der Waals surface area contributed by atoms with Crippen LogP contribution in [-0.4, -0.2) is 30.4 Å². The van der Waals surface area contributed by atoms with E-state index in [0.717, 1.165) is 53.0 Å². The molecule has 0 aliphatic rings. The predicted octanol–water partition coefficient (Wildman–Crippen LogP) is 5.62. The van der Waals surface area contributed by atoms with Gasteiger partial charge in [-0.2, -0.15) is 0 Å². The molecule has 6 heteroatoms. The molecule has 166 valence electrons. The van der Waals surface area contributed by atoms with Gasteiger partial charge in [0.05, 0.1) is 32.7 Å². The first-order valence-electron chi connectivity index (χ1n) is 10.8. The van der Waals surface area contributed by atoms with E-state index in [1.54, 1.807) is 14.2 Å². The molecule has 0 bridgehead atoms. The fourth-order valence-electron chi connectivity index (χ4n) is 3.43. The van der Waals surface area contributed by atoms with Gasteiger partial charge in [-0.1, -0.05) is 20.3 Å². The van der Waals surface area contributed by atoms with Gasteiger partial charge in [0.1, 0.15) is 17.2 Å². The van der Waals surface area contributed by atoms with Crippen molar-refractivity contribution in [2.45, 2.75) is 40.3 Å². The van der Waals surface area contributed by atoms with Gasteiger partial charge < -0.3 is 24.1 Å². The van der Waals surface area contributed by atoms with Gasteiger partial charge in [-0.15, -0.1) is 0 Å². The molecule has 6 nitrogen and oxygen atoms in total. The van der Waals surface area contributed by atoms with E-state index in [4.69, 9.17) is 19.2 Å². The number of ether oxygens (including phenoxy) is 3. The maximum absolute atomic E-state index is 5.58. The lowest BCUT2D eigenvalue weighted by Gasteiger charge is -2.18. The molecule has 0 saturated carbocycles. The van der Waals surface area contributed by atoms with E-state index in [-0.39, 0.29) is 0 Å². The summed E-state index contributed by atoms with van der Waals surface area (Å²) in [7, 11) is 3.33. The van der Waals surface area contributed by atoms with Gasteiger partial charge in [0.15, 0.2) is 0 Å². The first kappa shape index (κ1) is 22.5. The Morgan fingerprint density at radius 1 is 1.00 bits per heavy atom.